The minimum absolute atomic E-state index is 0.0342. The molecule has 2 heterocycles. The summed E-state index contributed by atoms with van der Waals surface area (Å²) in [5.74, 6) is -0.456. The first-order valence-corrected chi connectivity index (χ1v) is 7.09. The van der Waals surface area contributed by atoms with E-state index in [0.29, 0.717) is 11.1 Å². The number of fused-ring (bicyclic) bond motifs is 1. The Morgan fingerprint density at radius 1 is 1.21 bits per heavy atom. The fraction of sp³-hybridized carbons (Fsp3) is 0.200. The van der Waals surface area contributed by atoms with Gasteiger partial charge in [0.25, 0.3) is 0 Å². The molecule has 0 atom stereocenters. The zero-order chi connectivity index (χ0) is 16.9. The molecule has 0 aliphatic rings. The fourth-order valence-corrected chi connectivity index (χ4v) is 2.05. The Kier molecular flexibility index (Phi) is 4.62. The van der Waals surface area contributed by atoms with Gasteiger partial charge in [-0.2, -0.15) is 14.4 Å². The minimum Gasteiger partial charge on any atom is -0.460 e. The predicted molar refractivity (Wildman–Crippen MR) is 82.4 cm³/mol. The van der Waals surface area contributed by atoms with Crippen LogP contribution in [0.2, 0.25) is 0 Å². The van der Waals surface area contributed by atoms with E-state index in [1.165, 1.54) is 10.9 Å². The van der Waals surface area contributed by atoms with Gasteiger partial charge in [-0.3, -0.25) is 4.57 Å². The van der Waals surface area contributed by atoms with Gasteiger partial charge in [0, 0.05) is 0 Å². The van der Waals surface area contributed by atoms with E-state index in [1.807, 2.05) is 6.07 Å². The number of nitrogen functional groups attached to an aromatic ring is 1. The van der Waals surface area contributed by atoms with Crippen molar-refractivity contribution in [1.82, 2.24) is 19.5 Å². The number of rotatable bonds is 6. The second-order valence-electron chi connectivity index (χ2n) is 4.80. The summed E-state index contributed by atoms with van der Waals surface area (Å²) in [5.41, 5.74) is 6.58. The molecule has 0 saturated carbocycles. The standard InChI is InChI=1S/C15H14FN5O3/c16-15-19-12(17)11-13(20-15)21(8-18-11)9-23-6-7-24-14(22)10-4-2-1-3-5-10/h1-5,8H,6-7,9H2,(H2,17,19,20). The number of carbonyl (C=O) groups excluding carboxylic acids is 1. The monoisotopic (exact) mass is 331 g/mol. The van der Waals surface area contributed by atoms with Crippen molar-refractivity contribution in [3.05, 3.63) is 48.3 Å². The maximum atomic E-state index is 13.2. The first-order valence-electron chi connectivity index (χ1n) is 7.09. The highest BCUT2D eigenvalue weighted by molar-refractivity contribution is 5.89. The van der Waals surface area contributed by atoms with E-state index in [1.54, 1.807) is 24.3 Å². The number of halogens is 1. The fourth-order valence-electron chi connectivity index (χ4n) is 2.05. The minimum atomic E-state index is -0.932. The summed E-state index contributed by atoms with van der Waals surface area (Å²) < 4.78 is 25.1. The van der Waals surface area contributed by atoms with Crippen LogP contribution in [-0.2, 0) is 16.2 Å². The Hall–Kier alpha value is -3.07. The van der Waals surface area contributed by atoms with Gasteiger partial charge in [-0.15, -0.1) is 0 Å². The number of nitrogens with two attached hydrogens (primary N) is 1. The van der Waals surface area contributed by atoms with E-state index in [2.05, 4.69) is 15.0 Å². The molecular weight excluding hydrogens is 317 g/mol. The van der Waals surface area contributed by atoms with Crippen molar-refractivity contribution in [1.29, 1.82) is 0 Å². The number of carbonyl (C=O) groups is 1. The molecule has 0 saturated heterocycles. The van der Waals surface area contributed by atoms with E-state index in [0.717, 1.165) is 0 Å². The second-order valence-corrected chi connectivity index (χ2v) is 4.80. The van der Waals surface area contributed by atoms with Gasteiger partial charge < -0.3 is 15.2 Å². The van der Waals surface area contributed by atoms with Crippen LogP contribution in [0, 0.1) is 6.08 Å². The summed E-state index contributed by atoms with van der Waals surface area (Å²) in [6, 6.07) is 8.65. The molecule has 0 radical (unpaired) electrons. The topological polar surface area (TPSA) is 105 Å². The van der Waals surface area contributed by atoms with Crippen molar-refractivity contribution in [2.75, 3.05) is 18.9 Å². The van der Waals surface area contributed by atoms with Crippen LogP contribution in [0.15, 0.2) is 36.7 Å². The number of imidazole rings is 1. The number of benzene rings is 1. The van der Waals surface area contributed by atoms with Crippen LogP contribution in [0.1, 0.15) is 10.4 Å². The molecule has 2 aromatic heterocycles. The lowest BCUT2D eigenvalue weighted by atomic mass is 10.2. The second kappa shape index (κ2) is 7.01. The molecule has 3 rings (SSSR count). The van der Waals surface area contributed by atoms with E-state index in [4.69, 9.17) is 15.2 Å². The lowest BCUT2D eigenvalue weighted by molar-refractivity contribution is 0.0180. The Labute approximate surface area is 136 Å². The lowest BCUT2D eigenvalue weighted by Crippen LogP contribution is -2.12. The third-order valence-electron chi connectivity index (χ3n) is 3.16. The number of hydrogen-bond donors (Lipinski definition) is 1. The molecule has 24 heavy (non-hydrogen) atoms. The zero-order valence-corrected chi connectivity index (χ0v) is 12.6. The predicted octanol–water partition coefficient (Wildman–Crippen LogP) is 1.38. The third-order valence-corrected chi connectivity index (χ3v) is 3.16. The zero-order valence-electron chi connectivity index (χ0n) is 12.6. The molecule has 8 nitrogen and oxygen atoms in total. The van der Waals surface area contributed by atoms with Gasteiger partial charge in [0.2, 0.25) is 0 Å². The smallest absolute Gasteiger partial charge is 0.338 e. The van der Waals surface area contributed by atoms with Crippen molar-refractivity contribution < 1.29 is 18.7 Å². The summed E-state index contributed by atoms with van der Waals surface area (Å²) in [6.07, 6.45) is 0.490. The molecule has 0 aliphatic carbocycles. The average Bonchev–Trinajstić information content (AvgIpc) is 2.98. The van der Waals surface area contributed by atoms with E-state index >= 15 is 0 Å². The molecule has 1 aromatic carbocycles. The highest BCUT2D eigenvalue weighted by Gasteiger charge is 2.11. The number of anilines is 1. The molecule has 2 N–H and O–H groups in total. The lowest BCUT2D eigenvalue weighted by Gasteiger charge is -2.07. The summed E-state index contributed by atoms with van der Waals surface area (Å²) in [7, 11) is 0. The van der Waals surface area contributed by atoms with Crippen molar-refractivity contribution in [3.8, 4) is 0 Å². The normalized spacial score (nSPS) is 10.9. The number of hydrogen-bond acceptors (Lipinski definition) is 7. The quantitative estimate of drug-likeness (QED) is 0.413. The molecular formula is C15H14FN5O3. The first kappa shape index (κ1) is 15.8. The van der Waals surface area contributed by atoms with E-state index in [9.17, 15) is 9.18 Å². The van der Waals surface area contributed by atoms with Gasteiger partial charge in [-0.25, -0.2) is 9.78 Å². The third kappa shape index (κ3) is 3.46. The van der Waals surface area contributed by atoms with Gasteiger partial charge in [-0.05, 0) is 12.1 Å². The van der Waals surface area contributed by atoms with Crippen LogP contribution in [0.4, 0.5) is 10.2 Å². The van der Waals surface area contributed by atoms with Gasteiger partial charge in [0.05, 0.1) is 18.5 Å². The number of ether oxygens (including phenoxy) is 2. The van der Waals surface area contributed by atoms with Crippen molar-refractivity contribution in [2.45, 2.75) is 6.73 Å². The molecule has 0 aliphatic heterocycles. The number of aromatic nitrogens is 4. The molecule has 3 aromatic rings. The van der Waals surface area contributed by atoms with E-state index < -0.39 is 12.0 Å². The molecule has 0 unspecified atom stereocenters. The van der Waals surface area contributed by atoms with Crippen LogP contribution >= 0.6 is 0 Å². The Morgan fingerprint density at radius 2 is 2.00 bits per heavy atom. The van der Waals surface area contributed by atoms with E-state index in [-0.39, 0.29) is 31.4 Å². The molecule has 0 bridgehead atoms. The molecule has 0 amide bonds. The highest BCUT2D eigenvalue weighted by atomic mass is 19.1. The summed E-state index contributed by atoms with van der Waals surface area (Å²) in [5, 5.41) is 0. The average molecular weight is 331 g/mol. The van der Waals surface area contributed by atoms with Crippen molar-refractivity contribution in [3.63, 3.8) is 0 Å². The SMILES string of the molecule is Nc1nc(F)nc2c1ncn2COCCOC(=O)c1ccccc1. The van der Waals surface area contributed by atoms with Crippen LogP contribution in [-0.4, -0.2) is 38.7 Å². The van der Waals surface area contributed by atoms with Crippen LogP contribution in [0.25, 0.3) is 11.2 Å². The molecule has 124 valence electrons. The van der Waals surface area contributed by atoms with Crippen LogP contribution in [0.5, 0.6) is 0 Å². The molecule has 0 fully saturated rings. The van der Waals surface area contributed by atoms with Gasteiger partial charge in [-0.1, -0.05) is 18.2 Å². The Bertz CT molecular complexity index is 853. The molecule has 0 spiro atoms. The summed E-state index contributed by atoms with van der Waals surface area (Å²) in [6.45, 7) is 0.322. The van der Waals surface area contributed by atoms with Crippen molar-refractivity contribution >= 4 is 23.0 Å². The van der Waals surface area contributed by atoms with Gasteiger partial charge >= 0.3 is 12.0 Å². The summed E-state index contributed by atoms with van der Waals surface area (Å²) in [4.78, 5) is 22.8. The molecule has 9 heteroatoms. The number of esters is 1. The Balaban J connectivity index is 1.50. The van der Waals surface area contributed by atoms with Gasteiger partial charge in [0.15, 0.2) is 17.0 Å². The highest BCUT2D eigenvalue weighted by Crippen LogP contribution is 2.15. The Morgan fingerprint density at radius 3 is 2.79 bits per heavy atom. The van der Waals surface area contributed by atoms with Gasteiger partial charge in [0.1, 0.15) is 13.3 Å². The van der Waals surface area contributed by atoms with Crippen LogP contribution < -0.4 is 5.73 Å². The van der Waals surface area contributed by atoms with Crippen molar-refractivity contribution in [2.24, 2.45) is 0 Å². The maximum Gasteiger partial charge on any atom is 0.338 e. The maximum absolute atomic E-state index is 13.2. The van der Waals surface area contributed by atoms with Crippen LogP contribution in [0.3, 0.4) is 0 Å². The first-order chi connectivity index (χ1) is 11.6. The largest absolute Gasteiger partial charge is 0.460 e. The summed E-state index contributed by atoms with van der Waals surface area (Å²) >= 11 is 0. The number of nitrogens with zero attached hydrogens (tertiary/aromatic N) is 4.